The van der Waals surface area contributed by atoms with Gasteiger partial charge in [-0.05, 0) is 0 Å². The van der Waals surface area contributed by atoms with Gasteiger partial charge >= 0.3 is 6.09 Å². The average molecular weight is 253 g/mol. The van der Waals surface area contributed by atoms with E-state index in [1.807, 2.05) is 24.5 Å². The van der Waals surface area contributed by atoms with E-state index in [0.29, 0.717) is 6.61 Å². The molecule has 0 fully saturated rings. The van der Waals surface area contributed by atoms with Gasteiger partial charge in [0.25, 0.3) is 0 Å². The second-order valence-electron chi connectivity index (χ2n) is 4.24. The Morgan fingerprint density at radius 2 is 2.00 bits per heavy atom. The van der Waals surface area contributed by atoms with E-state index < -0.39 is 0 Å². The minimum absolute atomic E-state index is 0.302. The fourth-order valence-corrected chi connectivity index (χ4v) is 1.40. The summed E-state index contributed by atoms with van der Waals surface area (Å²) in [5.74, 6) is 0. The molecule has 0 bridgehead atoms. The molecular formula is C13H21N2O3+. The third-order valence-electron chi connectivity index (χ3n) is 2.45. The molecule has 1 aromatic rings. The third-order valence-corrected chi connectivity index (χ3v) is 2.45. The summed E-state index contributed by atoms with van der Waals surface area (Å²) in [7, 11) is 5.03. The maximum atomic E-state index is 11.2. The molecule has 1 rings (SSSR count). The standard InChI is InChI=1S/C13H21N2O3/c1-14(2)13(16)18-11-12-5-8-15(9-6-12)7-4-10-17-3/h5-6,8-9H,4,7,10-11H2,1-3H3/q+1. The van der Waals surface area contributed by atoms with Crippen molar-refractivity contribution in [3.8, 4) is 0 Å². The van der Waals surface area contributed by atoms with Crippen molar-refractivity contribution in [1.82, 2.24) is 4.90 Å². The molecule has 100 valence electrons. The van der Waals surface area contributed by atoms with Crippen LogP contribution in [0.25, 0.3) is 0 Å². The molecule has 0 spiro atoms. The lowest BCUT2D eigenvalue weighted by Crippen LogP contribution is -2.33. The van der Waals surface area contributed by atoms with Gasteiger partial charge in [0, 0.05) is 45.3 Å². The van der Waals surface area contributed by atoms with Gasteiger partial charge in [-0.25, -0.2) is 9.36 Å². The number of carbonyl (C=O) groups excluding carboxylic acids is 1. The van der Waals surface area contributed by atoms with Crippen LogP contribution in [0.2, 0.25) is 0 Å². The summed E-state index contributed by atoms with van der Waals surface area (Å²) in [5, 5.41) is 0. The molecule has 5 nitrogen and oxygen atoms in total. The highest BCUT2D eigenvalue weighted by Crippen LogP contribution is 2.00. The van der Waals surface area contributed by atoms with Gasteiger partial charge in [0.15, 0.2) is 18.9 Å². The zero-order valence-corrected chi connectivity index (χ0v) is 11.3. The minimum Gasteiger partial charge on any atom is -0.445 e. The predicted octanol–water partition coefficient (Wildman–Crippen LogP) is 1.21. The van der Waals surface area contributed by atoms with Gasteiger partial charge in [-0.15, -0.1) is 0 Å². The van der Waals surface area contributed by atoms with Gasteiger partial charge < -0.3 is 14.4 Å². The topological polar surface area (TPSA) is 42.6 Å². The smallest absolute Gasteiger partial charge is 0.409 e. The Morgan fingerprint density at radius 1 is 1.33 bits per heavy atom. The van der Waals surface area contributed by atoms with Gasteiger partial charge in [0.05, 0.1) is 6.61 Å². The summed E-state index contributed by atoms with van der Waals surface area (Å²) in [4.78, 5) is 12.7. The largest absolute Gasteiger partial charge is 0.445 e. The fraction of sp³-hybridized carbons (Fsp3) is 0.538. The van der Waals surface area contributed by atoms with Crippen LogP contribution in [0.5, 0.6) is 0 Å². The summed E-state index contributed by atoms with van der Waals surface area (Å²) < 4.78 is 12.2. The van der Waals surface area contributed by atoms with Gasteiger partial charge in [-0.1, -0.05) is 0 Å². The summed E-state index contributed by atoms with van der Waals surface area (Å²) in [6, 6.07) is 3.91. The van der Waals surface area contributed by atoms with Gasteiger partial charge in [0.2, 0.25) is 0 Å². The SMILES string of the molecule is COCCC[n+]1ccc(COC(=O)N(C)C)cc1. The first kappa shape index (κ1) is 14.4. The number of ether oxygens (including phenoxy) is 2. The number of hydrogen-bond donors (Lipinski definition) is 0. The number of pyridine rings is 1. The van der Waals surface area contributed by atoms with E-state index >= 15 is 0 Å². The number of aryl methyl sites for hydroxylation is 1. The monoisotopic (exact) mass is 253 g/mol. The van der Waals surface area contributed by atoms with Crippen molar-refractivity contribution in [2.45, 2.75) is 19.6 Å². The molecule has 1 amide bonds. The molecule has 0 radical (unpaired) electrons. The van der Waals surface area contributed by atoms with E-state index in [9.17, 15) is 4.79 Å². The average Bonchev–Trinajstić information content (AvgIpc) is 2.37. The second kappa shape index (κ2) is 7.66. The molecule has 0 aliphatic rings. The number of amides is 1. The summed E-state index contributed by atoms with van der Waals surface area (Å²) >= 11 is 0. The van der Waals surface area contributed by atoms with E-state index in [2.05, 4.69) is 4.57 Å². The Kier molecular flexibility index (Phi) is 6.14. The van der Waals surface area contributed by atoms with Crippen LogP contribution in [0.1, 0.15) is 12.0 Å². The Bertz CT molecular complexity index is 363. The van der Waals surface area contributed by atoms with Crippen LogP contribution in [-0.4, -0.2) is 38.8 Å². The number of carbonyl (C=O) groups is 1. The minimum atomic E-state index is -0.327. The molecule has 18 heavy (non-hydrogen) atoms. The number of hydrogen-bond acceptors (Lipinski definition) is 3. The van der Waals surface area contributed by atoms with Crippen molar-refractivity contribution in [2.24, 2.45) is 0 Å². The molecule has 5 heteroatoms. The van der Waals surface area contributed by atoms with Crippen LogP contribution < -0.4 is 4.57 Å². The molecule has 0 aliphatic carbocycles. The van der Waals surface area contributed by atoms with Crippen LogP contribution in [0.3, 0.4) is 0 Å². The van der Waals surface area contributed by atoms with E-state index in [-0.39, 0.29) is 6.09 Å². The first-order valence-electron chi connectivity index (χ1n) is 5.94. The molecule has 0 aromatic carbocycles. The van der Waals surface area contributed by atoms with Crippen LogP contribution >= 0.6 is 0 Å². The van der Waals surface area contributed by atoms with Crippen molar-refractivity contribution in [1.29, 1.82) is 0 Å². The van der Waals surface area contributed by atoms with Crippen LogP contribution in [-0.2, 0) is 22.6 Å². The first-order chi connectivity index (χ1) is 8.63. The van der Waals surface area contributed by atoms with Gasteiger partial charge in [0.1, 0.15) is 6.61 Å². The summed E-state index contributed by atoms with van der Waals surface area (Å²) in [6.07, 6.45) is 4.62. The van der Waals surface area contributed by atoms with Crippen molar-refractivity contribution in [2.75, 3.05) is 27.8 Å². The van der Waals surface area contributed by atoms with Crippen molar-refractivity contribution in [3.05, 3.63) is 30.1 Å². The lowest BCUT2D eigenvalue weighted by molar-refractivity contribution is -0.697. The molecular weight excluding hydrogens is 232 g/mol. The number of rotatable bonds is 6. The fourth-order valence-electron chi connectivity index (χ4n) is 1.40. The van der Waals surface area contributed by atoms with E-state index in [1.165, 1.54) is 4.90 Å². The van der Waals surface area contributed by atoms with Crippen LogP contribution in [0, 0.1) is 0 Å². The van der Waals surface area contributed by atoms with E-state index in [1.54, 1.807) is 21.2 Å². The first-order valence-corrected chi connectivity index (χ1v) is 5.94. The highest BCUT2D eigenvalue weighted by molar-refractivity contribution is 5.66. The van der Waals surface area contributed by atoms with E-state index in [0.717, 1.165) is 25.1 Å². The summed E-state index contributed by atoms with van der Waals surface area (Å²) in [5.41, 5.74) is 0.980. The molecule has 1 aromatic heterocycles. The van der Waals surface area contributed by atoms with Crippen LogP contribution in [0.4, 0.5) is 4.79 Å². The Morgan fingerprint density at radius 3 is 2.56 bits per heavy atom. The Hall–Kier alpha value is -1.62. The quantitative estimate of drug-likeness (QED) is 0.565. The normalized spacial score (nSPS) is 10.2. The molecule has 0 saturated carbocycles. The Balaban J connectivity index is 2.38. The maximum Gasteiger partial charge on any atom is 0.409 e. The maximum absolute atomic E-state index is 11.2. The van der Waals surface area contributed by atoms with Gasteiger partial charge in [-0.2, -0.15) is 0 Å². The highest BCUT2D eigenvalue weighted by Gasteiger charge is 2.06. The highest BCUT2D eigenvalue weighted by atomic mass is 16.6. The lowest BCUT2D eigenvalue weighted by atomic mass is 10.3. The van der Waals surface area contributed by atoms with E-state index in [4.69, 9.17) is 9.47 Å². The number of aromatic nitrogens is 1. The van der Waals surface area contributed by atoms with Gasteiger partial charge in [-0.3, -0.25) is 0 Å². The molecule has 0 unspecified atom stereocenters. The third kappa shape index (κ3) is 5.14. The number of methoxy groups -OCH3 is 1. The zero-order valence-electron chi connectivity index (χ0n) is 11.3. The Labute approximate surface area is 108 Å². The molecule has 0 atom stereocenters. The zero-order chi connectivity index (χ0) is 13.4. The molecule has 0 N–H and O–H groups in total. The molecule has 0 aliphatic heterocycles. The van der Waals surface area contributed by atoms with Crippen molar-refractivity contribution < 1.29 is 18.8 Å². The van der Waals surface area contributed by atoms with Crippen molar-refractivity contribution >= 4 is 6.09 Å². The van der Waals surface area contributed by atoms with Crippen molar-refractivity contribution in [3.63, 3.8) is 0 Å². The number of nitrogens with zero attached hydrogens (tertiary/aromatic N) is 2. The predicted molar refractivity (Wildman–Crippen MR) is 67.0 cm³/mol. The van der Waals surface area contributed by atoms with Crippen LogP contribution in [0.15, 0.2) is 24.5 Å². The second-order valence-corrected chi connectivity index (χ2v) is 4.24. The summed E-state index contributed by atoms with van der Waals surface area (Å²) in [6.45, 7) is 1.98. The lowest BCUT2D eigenvalue weighted by Gasteiger charge is -2.10. The molecule has 1 heterocycles. The molecule has 0 saturated heterocycles.